The van der Waals surface area contributed by atoms with Gasteiger partial charge in [-0.25, -0.2) is 4.79 Å². The lowest BCUT2D eigenvalue weighted by atomic mass is 10.1. The Labute approximate surface area is 124 Å². The van der Waals surface area contributed by atoms with Crippen molar-refractivity contribution >= 4 is 6.03 Å². The maximum absolute atomic E-state index is 11.8. The van der Waals surface area contributed by atoms with Crippen molar-refractivity contribution in [3.05, 3.63) is 0 Å². The number of nitrogens with one attached hydrogen (secondary N) is 1. The molecule has 0 unspecified atom stereocenters. The summed E-state index contributed by atoms with van der Waals surface area (Å²) in [5, 5.41) is 3.64. The summed E-state index contributed by atoms with van der Waals surface area (Å²) in [6.45, 7) is 10.7. The highest BCUT2D eigenvalue weighted by atomic mass is 16.2. The van der Waals surface area contributed by atoms with E-state index < -0.39 is 0 Å². The highest BCUT2D eigenvalue weighted by Crippen LogP contribution is 2.11. The molecule has 1 fully saturated rings. The monoisotopic (exact) mass is 284 g/mol. The lowest BCUT2D eigenvalue weighted by Gasteiger charge is -2.34. The minimum absolute atomic E-state index is 0.142. The number of rotatable bonds is 7. The minimum atomic E-state index is 0.142. The number of amides is 2. The number of piperidine rings is 1. The van der Waals surface area contributed by atoms with Gasteiger partial charge in [0.15, 0.2) is 0 Å². The Bertz CT molecular complexity index is 275. The number of carbonyl (C=O) groups is 1. The first-order valence-electron chi connectivity index (χ1n) is 8.00. The number of hydrogen-bond acceptors (Lipinski definition) is 3. The van der Waals surface area contributed by atoms with Crippen molar-refractivity contribution in [2.75, 3.05) is 53.4 Å². The zero-order valence-electron chi connectivity index (χ0n) is 13.7. The highest BCUT2D eigenvalue weighted by molar-refractivity contribution is 5.73. The lowest BCUT2D eigenvalue weighted by molar-refractivity contribution is 0.151. The van der Waals surface area contributed by atoms with E-state index in [0.29, 0.717) is 6.04 Å². The summed E-state index contributed by atoms with van der Waals surface area (Å²) in [5.74, 6) is 0. The van der Waals surface area contributed by atoms with Gasteiger partial charge in [-0.15, -0.1) is 0 Å². The zero-order chi connectivity index (χ0) is 15.0. The molecule has 0 spiro atoms. The molecule has 5 heteroatoms. The number of nitrogens with zero attached hydrogens (tertiary/aromatic N) is 3. The molecule has 2 amide bonds. The van der Waals surface area contributed by atoms with E-state index in [0.717, 1.165) is 45.6 Å². The predicted molar refractivity (Wildman–Crippen MR) is 84.1 cm³/mol. The van der Waals surface area contributed by atoms with Gasteiger partial charge in [0.25, 0.3) is 0 Å². The second-order valence-corrected chi connectivity index (χ2v) is 5.83. The molecule has 1 heterocycles. The molecule has 1 N–H and O–H groups in total. The Morgan fingerprint density at radius 1 is 1.20 bits per heavy atom. The van der Waals surface area contributed by atoms with Gasteiger partial charge in [-0.2, -0.15) is 0 Å². The van der Waals surface area contributed by atoms with Crippen LogP contribution in [-0.2, 0) is 0 Å². The molecule has 0 bridgehead atoms. The van der Waals surface area contributed by atoms with Gasteiger partial charge in [0, 0.05) is 46.3 Å². The van der Waals surface area contributed by atoms with Gasteiger partial charge in [-0.1, -0.05) is 13.8 Å². The molecule has 0 aromatic heterocycles. The molecule has 1 aliphatic rings. The Kier molecular flexibility index (Phi) is 7.92. The lowest BCUT2D eigenvalue weighted by Crippen LogP contribution is -2.49. The van der Waals surface area contributed by atoms with Crippen LogP contribution in [0.2, 0.25) is 0 Å². The molecule has 0 aromatic carbocycles. The fourth-order valence-corrected chi connectivity index (χ4v) is 2.73. The molecule has 118 valence electrons. The molecule has 0 radical (unpaired) electrons. The molecule has 5 nitrogen and oxygen atoms in total. The number of hydrogen-bond donors (Lipinski definition) is 1. The first-order valence-corrected chi connectivity index (χ1v) is 8.00. The molecular formula is C15H32N4O. The van der Waals surface area contributed by atoms with Crippen LogP contribution >= 0.6 is 0 Å². The smallest absolute Gasteiger partial charge is 0.319 e. The molecule has 0 aliphatic carbocycles. The van der Waals surface area contributed by atoms with Crippen LogP contribution in [0.5, 0.6) is 0 Å². The molecule has 20 heavy (non-hydrogen) atoms. The van der Waals surface area contributed by atoms with Crippen LogP contribution in [0.25, 0.3) is 0 Å². The topological polar surface area (TPSA) is 38.8 Å². The number of urea groups is 1. The summed E-state index contributed by atoms with van der Waals surface area (Å²) in [6.07, 6.45) is 3.36. The first-order chi connectivity index (χ1) is 9.58. The summed E-state index contributed by atoms with van der Waals surface area (Å²) in [6, 6.07) is 0.713. The van der Waals surface area contributed by atoms with Crippen molar-refractivity contribution < 1.29 is 4.79 Å². The fraction of sp³-hybridized carbons (Fsp3) is 0.933. The van der Waals surface area contributed by atoms with Crippen LogP contribution in [-0.4, -0.2) is 80.1 Å². The third-order valence-corrected chi connectivity index (χ3v) is 4.00. The van der Waals surface area contributed by atoms with E-state index in [1.54, 1.807) is 4.90 Å². The average molecular weight is 284 g/mol. The van der Waals surface area contributed by atoms with Crippen molar-refractivity contribution in [3.8, 4) is 0 Å². The van der Waals surface area contributed by atoms with Crippen LogP contribution in [0, 0.1) is 0 Å². The van der Waals surface area contributed by atoms with E-state index in [1.807, 2.05) is 19.0 Å². The van der Waals surface area contributed by atoms with E-state index >= 15 is 0 Å². The van der Waals surface area contributed by atoms with E-state index in [9.17, 15) is 4.79 Å². The molecule has 0 saturated carbocycles. The van der Waals surface area contributed by atoms with Crippen LogP contribution in [0.15, 0.2) is 0 Å². The third-order valence-electron chi connectivity index (χ3n) is 4.00. The van der Waals surface area contributed by atoms with E-state index in [1.165, 1.54) is 13.0 Å². The molecular weight excluding hydrogens is 252 g/mol. The molecule has 1 aliphatic heterocycles. The Balaban J connectivity index is 2.18. The zero-order valence-corrected chi connectivity index (χ0v) is 13.7. The maximum Gasteiger partial charge on any atom is 0.319 e. The Hall–Kier alpha value is -0.810. The highest BCUT2D eigenvalue weighted by Gasteiger charge is 2.23. The summed E-state index contributed by atoms with van der Waals surface area (Å²) in [7, 11) is 3.64. The van der Waals surface area contributed by atoms with E-state index in [4.69, 9.17) is 0 Å². The van der Waals surface area contributed by atoms with E-state index in [2.05, 4.69) is 24.1 Å². The molecule has 0 aromatic rings. The summed E-state index contributed by atoms with van der Waals surface area (Å²) in [5.41, 5.74) is 0. The number of likely N-dealkylation sites (N-methyl/N-ethyl adjacent to an activating group) is 1. The number of likely N-dealkylation sites (tertiary alicyclic amines) is 1. The molecule has 1 saturated heterocycles. The standard InChI is InChI=1S/C15H32N4O/c1-5-10-18(6-2)13-9-16-14-7-11-19(12-8-14)15(20)17(3)4/h14,16H,5-13H2,1-4H3. The van der Waals surface area contributed by atoms with Crippen molar-refractivity contribution in [2.24, 2.45) is 0 Å². The second kappa shape index (κ2) is 9.19. The Morgan fingerprint density at radius 2 is 1.85 bits per heavy atom. The third kappa shape index (κ3) is 5.67. The van der Waals surface area contributed by atoms with Crippen molar-refractivity contribution in [3.63, 3.8) is 0 Å². The summed E-state index contributed by atoms with van der Waals surface area (Å²) < 4.78 is 0. The van der Waals surface area contributed by atoms with Gasteiger partial charge in [0.2, 0.25) is 0 Å². The van der Waals surface area contributed by atoms with Gasteiger partial charge < -0.3 is 20.0 Å². The average Bonchev–Trinajstić information content (AvgIpc) is 2.46. The predicted octanol–water partition coefficient (Wildman–Crippen LogP) is 1.45. The maximum atomic E-state index is 11.8. The van der Waals surface area contributed by atoms with Gasteiger partial charge in [0.1, 0.15) is 0 Å². The molecule has 0 atom stereocenters. The first kappa shape index (κ1) is 17.2. The van der Waals surface area contributed by atoms with Crippen molar-refractivity contribution in [2.45, 2.75) is 39.2 Å². The van der Waals surface area contributed by atoms with Gasteiger partial charge >= 0.3 is 6.03 Å². The van der Waals surface area contributed by atoms with Crippen molar-refractivity contribution in [1.82, 2.24) is 20.0 Å². The SMILES string of the molecule is CCCN(CC)CCNC1CCN(C(=O)N(C)C)CC1. The van der Waals surface area contributed by atoms with E-state index in [-0.39, 0.29) is 6.03 Å². The summed E-state index contributed by atoms with van der Waals surface area (Å²) >= 11 is 0. The minimum Gasteiger partial charge on any atom is -0.331 e. The fourth-order valence-electron chi connectivity index (χ4n) is 2.73. The van der Waals surface area contributed by atoms with Gasteiger partial charge in [-0.05, 0) is 32.4 Å². The van der Waals surface area contributed by atoms with Gasteiger partial charge in [-0.3, -0.25) is 0 Å². The quantitative estimate of drug-likeness (QED) is 0.769. The second-order valence-electron chi connectivity index (χ2n) is 5.83. The largest absolute Gasteiger partial charge is 0.331 e. The number of carbonyl (C=O) groups excluding carboxylic acids is 1. The van der Waals surface area contributed by atoms with Gasteiger partial charge in [0.05, 0.1) is 0 Å². The van der Waals surface area contributed by atoms with Crippen LogP contribution in [0.3, 0.4) is 0 Å². The van der Waals surface area contributed by atoms with Crippen molar-refractivity contribution in [1.29, 1.82) is 0 Å². The summed E-state index contributed by atoms with van der Waals surface area (Å²) in [4.78, 5) is 17.9. The van der Waals surface area contributed by atoms with Crippen LogP contribution in [0.1, 0.15) is 33.1 Å². The Morgan fingerprint density at radius 3 is 2.35 bits per heavy atom. The van der Waals surface area contributed by atoms with Crippen LogP contribution < -0.4 is 5.32 Å². The normalized spacial score (nSPS) is 16.8. The molecule has 1 rings (SSSR count). The van der Waals surface area contributed by atoms with Crippen LogP contribution in [0.4, 0.5) is 4.79 Å².